The monoisotopic (exact) mass is 292 g/mol. The largest absolute Gasteiger partial charge is 0.316 e. The molecule has 0 spiro atoms. The zero-order valence-corrected chi connectivity index (χ0v) is 14.5. The maximum Gasteiger partial charge on any atom is 0.0156 e. The van der Waals surface area contributed by atoms with Gasteiger partial charge in [0.25, 0.3) is 0 Å². The van der Waals surface area contributed by atoms with Gasteiger partial charge in [-0.05, 0) is 69.4 Å². The summed E-state index contributed by atoms with van der Waals surface area (Å²) in [5, 5.41) is 3.68. The van der Waals surface area contributed by atoms with Crippen molar-refractivity contribution >= 4 is 0 Å². The molecule has 2 nitrogen and oxygen atoms in total. The van der Waals surface area contributed by atoms with Crippen molar-refractivity contribution in [1.82, 2.24) is 10.2 Å². The lowest BCUT2D eigenvalue weighted by molar-refractivity contribution is 0.0182. The Bertz CT molecular complexity index is 336. The van der Waals surface area contributed by atoms with Crippen molar-refractivity contribution in [2.45, 2.75) is 83.7 Å². The highest BCUT2D eigenvalue weighted by Crippen LogP contribution is 2.41. The lowest BCUT2D eigenvalue weighted by Gasteiger charge is -2.49. The normalized spacial score (nSPS) is 40.7. The number of nitrogens with one attached hydrogen (secondary N) is 1. The highest BCUT2D eigenvalue weighted by atomic mass is 15.2. The molecule has 0 radical (unpaired) electrons. The molecule has 0 aromatic heterocycles. The van der Waals surface area contributed by atoms with Gasteiger partial charge >= 0.3 is 0 Å². The van der Waals surface area contributed by atoms with E-state index >= 15 is 0 Å². The van der Waals surface area contributed by atoms with Gasteiger partial charge in [-0.25, -0.2) is 0 Å². The fraction of sp³-hybridized carbons (Fsp3) is 1.00. The molecule has 3 aliphatic rings. The average molecular weight is 293 g/mol. The van der Waals surface area contributed by atoms with Gasteiger partial charge in [-0.3, -0.25) is 4.90 Å². The molecule has 1 aliphatic heterocycles. The Morgan fingerprint density at radius 1 is 1.00 bits per heavy atom. The summed E-state index contributed by atoms with van der Waals surface area (Å²) >= 11 is 0. The minimum Gasteiger partial charge on any atom is -0.316 e. The van der Waals surface area contributed by atoms with Crippen molar-refractivity contribution in [2.75, 3.05) is 20.1 Å². The molecule has 4 unspecified atom stereocenters. The third kappa shape index (κ3) is 3.32. The molecule has 4 atom stereocenters. The maximum absolute atomic E-state index is 3.68. The minimum atomic E-state index is 0.472. The molecule has 2 saturated carbocycles. The van der Waals surface area contributed by atoms with Crippen LogP contribution in [-0.4, -0.2) is 37.1 Å². The van der Waals surface area contributed by atoms with Crippen LogP contribution in [0.15, 0.2) is 0 Å². The Balaban J connectivity index is 1.66. The van der Waals surface area contributed by atoms with E-state index in [2.05, 4.69) is 31.1 Å². The van der Waals surface area contributed by atoms with Crippen molar-refractivity contribution in [3.8, 4) is 0 Å². The van der Waals surface area contributed by atoms with Gasteiger partial charge in [0.05, 0.1) is 0 Å². The third-order valence-corrected chi connectivity index (χ3v) is 6.85. The predicted molar refractivity (Wildman–Crippen MR) is 90.5 cm³/mol. The molecule has 0 amide bonds. The fourth-order valence-electron chi connectivity index (χ4n) is 5.86. The summed E-state index contributed by atoms with van der Waals surface area (Å²) in [6.45, 7) is 7.67. The molecular formula is C19H36N2. The lowest BCUT2D eigenvalue weighted by Crippen LogP contribution is -2.55. The fourth-order valence-corrected chi connectivity index (χ4v) is 5.86. The zero-order chi connectivity index (χ0) is 14.9. The molecule has 0 aromatic rings. The van der Waals surface area contributed by atoms with E-state index in [1.54, 1.807) is 0 Å². The molecule has 1 N–H and O–H groups in total. The van der Waals surface area contributed by atoms with Gasteiger partial charge < -0.3 is 5.32 Å². The molecule has 3 fully saturated rings. The number of hydrogen-bond donors (Lipinski definition) is 1. The number of rotatable bonds is 3. The average Bonchev–Trinajstić information content (AvgIpc) is 2.47. The van der Waals surface area contributed by atoms with Crippen LogP contribution in [0.5, 0.6) is 0 Å². The summed E-state index contributed by atoms with van der Waals surface area (Å²) in [6.07, 6.45) is 13.2. The van der Waals surface area contributed by atoms with Gasteiger partial charge in [-0.2, -0.15) is 0 Å². The zero-order valence-electron chi connectivity index (χ0n) is 14.5. The Hall–Kier alpha value is -0.0800. The maximum atomic E-state index is 3.68. The van der Waals surface area contributed by atoms with Crippen molar-refractivity contribution < 1.29 is 0 Å². The van der Waals surface area contributed by atoms with Crippen molar-refractivity contribution in [1.29, 1.82) is 0 Å². The number of nitrogens with zero attached hydrogens (tertiary/aromatic N) is 1. The van der Waals surface area contributed by atoms with E-state index in [1.807, 2.05) is 0 Å². The highest BCUT2D eigenvalue weighted by Gasteiger charge is 2.41. The van der Waals surface area contributed by atoms with Crippen molar-refractivity contribution in [2.24, 2.45) is 17.3 Å². The molecule has 122 valence electrons. The Morgan fingerprint density at radius 3 is 2.57 bits per heavy atom. The second kappa shape index (κ2) is 6.58. The SMILES string of the molecule is CNC1C(CN2CCCC3CCCCC32)CCCC1(C)C. The summed E-state index contributed by atoms with van der Waals surface area (Å²) in [5.41, 5.74) is 0.472. The van der Waals surface area contributed by atoms with Gasteiger partial charge in [-0.15, -0.1) is 0 Å². The number of piperidine rings is 1. The van der Waals surface area contributed by atoms with Gasteiger partial charge in [-0.1, -0.05) is 33.1 Å². The topological polar surface area (TPSA) is 15.3 Å². The Labute approximate surface area is 132 Å². The van der Waals surface area contributed by atoms with Crippen LogP contribution in [0.4, 0.5) is 0 Å². The van der Waals surface area contributed by atoms with E-state index in [1.165, 1.54) is 70.9 Å². The highest BCUT2D eigenvalue weighted by molar-refractivity contribution is 4.96. The molecule has 0 bridgehead atoms. The van der Waals surface area contributed by atoms with E-state index in [9.17, 15) is 0 Å². The van der Waals surface area contributed by atoms with Crippen LogP contribution in [0, 0.1) is 17.3 Å². The lowest BCUT2D eigenvalue weighted by atomic mass is 9.67. The van der Waals surface area contributed by atoms with E-state index in [0.717, 1.165) is 17.9 Å². The van der Waals surface area contributed by atoms with Crippen molar-refractivity contribution in [3.05, 3.63) is 0 Å². The van der Waals surface area contributed by atoms with E-state index in [4.69, 9.17) is 0 Å². The number of hydrogen-bond acceptors (Lipinski definition) is 2. The van der Waals surface area contributed by atoms with Crippen LogP contribution >= 0.6 is 0 Å². The summed E-state index contributed by atoms with van der Waals surface area (Å²) < 4.78 is 0. The molecule has 21 heavy (non-hydrogen) atoms. The smallest absolute Gasteiger partial charge is 0.0156 e. The van der Waals surface area contributed by atoms with Crippen LogP contribution in [-0.2, 0) is 0 Å². The second-order valence-electron chi connectivity index (χ2n) is 8.66. The number of fused-ring (bicyclic) bond motifs is 1. The van der Waals surface area contributed by atoms with Gasteiger partial charge in [0.15, 0.2) is 0 Å². The van der Waals surface area contributed by atoms with E-state index < -0.39 is 0 Å². The Kier molecular flexibility index (Phi) is 4.95. The van der Waals surface area contributed by atoms with Crippen LogP contribution in [0.1, 0.15) is 71.6 Å². The van der Waals surface area contributed by atoms with Crippen LogP contribution in [0.3, 0.4) is 0 Å². The van der Waals surface area contributed by atoms with Gasteiger partial charge in [0, 0.05) is 18.6 Å². The first-order valence-electron chi connectivity index (χ1n) is 9.53. The predicted octanol–water partition coefficient (Wildman–Crippen LogP) is 4.06. The molecule has 2 heteroatoms. The quantitative estimate of drug-likeness (QED) is 0.844. The molecule has 1 saturated heterocycles. The van der Waals surface area contributed by atoms with Crippen molar-refractivity contribution in [3.63, 3.8) is 0 Å². The molecule has 0 aromatic carbocycles. The van der Waals surface area contributed by atoms with Crippen LogP contribution in [0.2, 0.25) is 0 Å². The standard InChI is InChI=1S/C19H36N2/c1-19(2)12-6-9-16(18(19)20-3)14-21-13-7-10-15-8-4-5-11-17(15)21/h15-18,20H,4-14H2,1-3H3. The third-order valence-electron chi connectivity index (χ3n) is 6.85. The first kappa shape index (κ1) is 15.8. The summed E-state index contributed by atoms with van der Waals surface area (Å²) in [5.74, 6) is 1.89. The first-order valence-corrected chi connectivity index (χ1v) is 9.53. The first-order chi connectivity index (χ1) is 10.1. The van der Waals surface area contributed by atoms with E-state index in [0.29, 0.717) is 11.5 Å². The Morgan fingerprint density at radius 2 is 1.76 bits per heavy atom. The second-order valence-corrected chi connectivity index (χ2v) is 8.66. The summed E-state index contributed by atoms with van der Waals surface area (Å²) in [7, 11) is 2.18. The van der Waals surface area contributed by atoms with E-state index in [-0.39, 0.29) is 0 Å². The molecule has 2 aliphatic carbocycles. The van der Waals surface area contributed by atoms with Crippen LogP contribution in [0.25, 0.3) is 0 Å². The number of likely N-dealkylation sites (tertiary alicyclic amines) is 1. The molecule has 1 heterocycles. The summed E-state index contributed by atoms with van der Waals surface area (Å²) in [6, 6.07) is 1.63. The molecular weight excluding hydrogens is 256 g/mol. The van der Waals surface area contributed by atoms with Crippen LogP contribution < -0.4 is 5.32 Å². The molecule has 3 rings (SSSR count). The summed E-state index contributed by atoms with van der Waals surface area (Å²) in [4.78, 5) is 2.91. The van der Waals surface area contributed by atoms with Gasteiger partial charge in [0.2, 0.25) is 0 Å². The minimum absolute atomic E-state index is 0.472. The van der Waals surface area contributed by atoms with Gasteiger partial charge in [0.1, 0.15) is 0 Å².